The zero-order chi connectivity index (χ0) is 15.9. The summed E-state index contributed by atoms with van der Waals surface area (Å²) in [6.45, 7) is 1.93. The van der Waals surface area contributed by atoms with Crippen molar-refractivity contribution in [1.82, 2.24) is 0 Å². The minimum atomic E-state index is -0.727. The predicted molar refractivity (Wildman–Crippen MR) is 81.7 cm³/mol. The lowest BCUT2D eigenvalue weighted by Crippen LogP contribution is -2.11. The Morgan fingerprint density at radius 3 is 2.59 bits per heavy atom. The van der Waals surface area contributed by atoms with Gasteiger partial charge in [-0.1, -0.05) is 23.8 Å². The summed E-state index contributed by atoms with van der Waals surface area (Å²) >= 11 is 0. The Labute approximate surface area is 126 Å². The molecule has 1 heterocycles. The minimum absolute atomic E-state index is 0.0875. The van der Waals surface area contributed by atoms with Gasteiger partial charge in [0.05, 0.1) is 0 Å². The zero-order valence-electron chi connectivity index (χ0n) is 11.8. The molecule has 1 aromatic carbocycles. The van der Waals surface area contributed by atoms with Crippen molar-refractivity contribution >= 4 is 5.76 Å². The summed E-state index contributed by atoms with van der Waals surface area (Å²) in [6, 6.07) is 8.74. The van der Waals surface area contributed by atoms with E-state index in [1.807, 2.05) is 31.2 Å². The van der Waals surface area contributed by atoms with Gasteiger partial charge in [-0.25, -0.2) is 0 Å². The van der Waals surface area contributed by atoms with E-state index >= 15 is 0 Å². The van der Waals surface area contributed by atoms with Crippen molar-refractivity contribution in [2.45, 2.75) is 13.3 Å². The molecule has 0 aliphatic heterocycles. The van der Waals surface area contributed by atoms with Crippen LogP contribution in [0.15, 0.2) is 57.1 Å². The van der Waals surface area contributed by atoms with Gasteiger partial charge in [-0.15, -0.1) is 0 Å². The van der Waals surface area contributed by atoms with E-state index in [2.05, 4.69) is 0 Å². The number of aliphatic hydroxyl groups excluding tert-OH is 3. The van der Waals surface area contributed by atoms with Gasteiger partial charge in [0.2, 0.25) is 5.76 Å². The largest absolute Gasteiger partial charge is 0.504 e. The number of aliphatic hydroxyl groups is 3. The van der Waals surface area contributed by atoms with E-state index in [4.69, 9.17) is 4.42 Å². The Morgan fingerprint density at radius 2 is 1.86 bits per heavy atom. The third-order valence-electron chi connectivity index (χ3n) is 3.51. The predicted octanol–water partition coefficient (Wildman–Crippen LogP) is 3.40. The molecular weight excluding hydrogens is 284 g/mol. The summed E-state index contributed by atoms with van der Waals surface area (Å²) in [5.74, 6) is -1.33. The van der Waals surface area contributed by atoms with Gasteiger partial charge >= 0.3 is 0 Å². The van der Waals surface area contributed by atoms with Crippen LogP contribution in [0.4, 0.5) is 0 Å². The van der Waals surface area contributed by atoms with Crippen LogP contribution in [-0.2, 0) is 6.42 Å². The maximum atomic E-state index is 12.3. The van der Waals surface area contributed by atoms with Gasteiger partial charge in [0.25, 0.3) is 0 Å². The topological polar surface area (TPSA) is 90.9 Å². The summed E-state index contributed by atoms with van der Waals surface area (Å²) in [5.41, 5.74) is 1.15. The molecule has 0 radical (unpaired) electrons. The fraction of sp³-hybridized carbons (Fsp3) is 0.118. The second-order valence-corrected chi connectivity index (χ2v) is 5.13. The van der Waals surface area contributed by atoms with Crippen molar-refractivity contribution in [2.24, 2.45) is 0 Å². The van der Waals surface area contributed by atoms with Crippen LogP contribution in [0.25, 0.3) is 17.1 Å². The third-order valence-corrected chi connectivity index (χ3v) is 3.51. The molecule has 22 heavy (non-hydrogen) atoms. The molecule has 0 saturated heterocycles. The van der Waals surface area contributed by atoms with Crippen LogP contribution in [-0.4, -0.2) is 15.3 Å². The van der Waals surface area contributed by atoms with E-state index in [1.165, 1.54) is 12.1 Å². The molecule has 0 fully saturated rings. The molecule has 0 unspecified atom stereocenters. The number of aryl methyl sites for hydroxylation is 1. The van der Waals surface area contributed by atoms with Gasteiger partial charge in [-0.2, -0.15) is 0 Å². The first-order valence-electron chi connectivity index (χ1n) is 6.73. The van der Waals surface area contributed by atoms with Crippen molar-refractivity contribution in [3.63, 3.8) is 0 Å². The summed E-state index contributed by atoms with van der Waals surface area (Å²) in [4.78, 5) is 12.3. The first-order valence-corrected chi connectivity index (χ1v) is 6.73. The second kappa shape index (κ2) is 5.11. The van der Waals surface area contributed by atoms with E-state index in [-0.39, 0.29) is 17.7 Å². The fourth-order valence-corrected chi connectivity index (χ4v) is 2.40. The number of hydrogen-bond donors (Lipinski definition) is 3. The molecule has 0 atom stereocenters. The highest BCUT2D eigenvalue weighted by atomic mass is 16.4. The lowest BCUT2D eigenvalue weighted by molar-refractivity contribution is 0.313. The van der Waals surface area contributed by atoms with E-state index in [1.54, 1.807) is 0 Å². The minimum Gasteiger partial charge on any atom is -0.504 e. The van der Waals surface area contributed by atoms with Crippen LogP contribution < -0.4 is 5.43 Å². The highest BCUT2D eigenvalue weighted by Crippen LogP contribution is 2.28. The average Bonchev–Trinajstić information content (AvgIpc) is 2.60. The van der Waals surface area contributed by atoms with E-state index in [9.17, 15) is 20.1 Å². The van der Waals surface area contributed by atoms with E-state index < -0.39 is 22.7 Å². The van der Waals surface area contributed by atoms with Crippen molar-refractivity contribution < 1.29 is 19.7 Å². The standard InChI is InChI=1S/C17H14O5/c1-9-3-2-4-10(7-9)14-8-12(19)15-13(22-14)6-5-11(18)16(20)17(15)21/h2-5,7-8,18,20-21H,6H2,1H3. The normalized spacial score (nSPS) is 14.3. The lowest BCUT2D eigenvalue weighted by atomic mass is 10.1. The summed E-state index contributed by atoms with van der Waals surface area (Å²) in [6.07, 6.45) is 1.37. The molecule has 0 bridgehead atoms. The smallest absolute Gasteiger partial charge is 0.200 e. The number of allylic oxidation sites excluding steroid dienone is 1. The molecule has 1 aliphatic carbocycles. The molecule has 5 nitrogen and oxygen atoms in total. The van der Waals surface area contributed by atoms with Crippen LogP contribution in [0.3, 0.4) is 0 Å². The maximum Gasteiger partial charge on any atom is 0.200 e. The van der Waals surface area contributed by atoms with Crippen LogP contribution in [0.2, 0.25) is 0 Å². The lowest BCUT2D eigenvalue weighted by Gasteiger charge is -2.08. The SMILES string of the molecule is Cc1cccc(-c2cc(=O)c3c(o2)CC=C(O)C(O)=C3O)c1. The van der Waals surface area contributed by atoms with Crippen molar-refractivity contribution in [1.29, 1.82) is 0 Å². The number of fused-ring (bicyclic) bond motifs is 1. The quantitative estimate of drug-likeness (QED) is 0.750. The first kappa shape index (κ1) is 14.0. The molecular formula is C17H14O5. The highest BCUT2D eigenvalue weighted by Gasteiger charge is 2.23. The molecule has 3 N–H and O–H groups in total. The summed E-state index contributed by atoms with van der Waals surface area (Å²) < 4.78 is 5.71. The van der Waals surface area contributed by atoms with E-state index in [0.29, 0.717) is 5.76 Å². The van der Waals surface area contributed by atoms with Crippen molar-refractivity contribution in [2.75, 3.05) is 0 Å². The highest BCUT2D eigenvalue weighted by molar-refractivity contribution is 5.68. The van der Waals surface area contributed by atoms with Crippen LogP contribution in [0.1, 0.15) is 16.9 Å². The molecule has 1 aliphatic rings. The Hall–Kier alpha value is -2.95. The molecule has 3 rings (SSSR count). The van der Waals surface area contributed by atoms with Gasteiger partial charge in [-0.3, -0.25) is 4.79 Å². The number of benzene rings is 1. The van der Waals surface area contributed by atoms with Gasteiger partial charge < -0.3 is 19.7 Å². The first-order chi connectivity index (χ1) is 10.5. The molecule has 2 aromatic rings. The van der Waals surface area contributed by atoms with Crippen LogP contribution in [0, 0.1) is 6.92 Å². The zero-order valence-corrected chi connectivity index (χ0v) is 11.8. The van der Waals surface area contributed by atoms with Gasteiger partial charge in [0.15, 0.2) is 16.9 Å². The summed E-state index contributed by atoms with van der Waals surface area (Å²) in [5, 5.41) is 29.1. The molecule has 0 saturated carbocycles. The number of rotatable bonds is 1. The molecule has 112 valence electrons. The second-order valence-electron chi connectivity index (χ2n) is 5.13. The fourth-order valence-electron chi connectivity index (χ4n) is 2.40. The molecule has 5 heteroatoms. The van der Waals surface area contributed by atoms with Gasteiger partial charge in [0.1, 0.15) is 17.1 Å². The van der Waals surface area contributed by atoms with Crippen LogP contribution in [0.5, 0.6) is 0 Å². The Bertz CT molecular complexity index is 871. The van der Waals surface area contributed by atoms with Gasteiger partial charge in [-0.05, 0) is 19.1 Å². The summed E-state index contributed by atoms with van der Waals surface area (Å²) in [7, 11) is 0. The Balaban J connectivity index is 2.23. The van der Waals surface area contributed by atoms with E-state index in [0.717, 1.165) is 11.1 Å². The Kier molecular flexibility index (Phi) is 3.25. The maximum absolute atomic E-state index is 12.3. The van der Waals surface area contributed by atoms with Crippen LogP contribution >= 0.6 is 0 Å². The molecule has 0 spiro atoms. The molecule has 0 amide bonds. The monoisotopic (exact) mass is 298 g/mol. The van der Waals surface area contributed by atoms with Gasteiger partial charge in [0, 0.05) is 18.1 Å². The van der Waals surface area contributed by atoms with Crippen molar-refractivity contribution in [3.05, 3.63) is 75.0 Å². The average molecular weight is 298 g/mol. The Morgan fingerprint density at radius 1 is 1.09 bits per heavy atom. The molecule has 1 aromatic heterocycles. The third kappa shape index (κ3) is 2.26. The van der Waals surface area contributed by atoms with Crippen molar-refractivity contribution in [3.8, 4) is 11.3 Å². The number of hydrogen-bond acceptors (Lipinski definition) is 5.